The molecule has 3 aliphatic rings. The first-order valence-electron chi connectivity index (χ1n) is 16.0. The highest BCUT2D eigenvalue weighted by Crippen LogP contribution is 2.35. The van der Waals surface area contributed by atoms with E-state index in [-0.39, 0.29) is 50.1 Å². The molecule has 3 atom stereocenters. The fraction of sp³-hybridized carbons (Fsp3) is 0.515. The van der Waals surface area contributed by atoms with Crippen LogP contribution < -0.4 is 15.4 Å². The van der Waals surface area contributed by atoms with E-state index in [0.717, 1.165) is 31.1 Å². The molecule has 2 aromatic heterocycles. The summed E-state index contributed by atoms with van der Waals surface area (Å²) in [7, 11) is 2.01. The highest BCUT2D eigenvalue weighted by atomic mass is 19.4. The Morgan fingerprint density at radius 3 is 2.55 bits per heavy atom. The number of nitrogens with zero attached hydrogens (tertiary/aromatic N) is 5. The first-order valence-corrected chi connectivity index (χ1v) is 16.0. The van der Waals surface area contributed by atoms with Crippen molar-refractivity contribution in [2.75, 3.05) is 53.0 Å². The second kappa shape index (κ2) is 14.3. The molecular formula is C33H42F3N7O4. The van der Waals surface area contributed by atoms with E-state index in [2.05, 4.69) is 25.5 Å². The van der Waals surface area contributed by atoms with Crippen LogP contribution in [0.3, 0.4) is 0 Å². The van der Waals surface area contributed by atoms with Crippen molar-refractivity contribution in [3.63, 3.8) is 0 Å². The van der Waals surface area contributed by atoms with Crippen molar-refractivity contribution < 1.29 is 32.2 Å². The zero-order valence-electron chi connectivity index (χ0n) is 27.1. The number of ether oxygens (including phenoxy) is 2. The molecule has 2 aromatic rings. The van der Waals surface area contributed by atoms with Crippen molar-refractivity contribution in [2.24, 2.45) is 0 Å². The van der Waals surface area contributed by atoms with E-state index >= 15 is 0 Å². The van der Waals surface area contributed by atoms with Gasteiger partial charge in [0.2, 0.25) is 5.88 Å². The number of nitrogens with one attached hydrogen (secondary N) is 2. The Bertz CT molecular complexity index is 1500. The van der Waals surface area contributed by atoms with Gasteiger partial charge < -0.3 is 34.8 Å². The molecule has 0 spiro atoms. The number of likely N-dealkylation sites (N-methyl/N-ethyl adjacent to an activating group) is 1. The predicted molar refractivity (Wildman–Crippen MR) is 168 cm³/mol. The molecule has 0 aliphatic carbocycles. The number of piperazine rings is 1. The van der Waals surface area contributed by atoms with Gasteiger partial charge in [-0.15, -0.1) is 0 Å². The van der Waals surface area contributed by atoms with Crippen molar-refractivity contribution in [3.8, 4) is 5.88 Å². The highest BCUT2D eigenvalue weighted by molar-refractivity contribution is 5.96. The third kappa shape index (κ3) is 7.38. The first kappa shape index (κ1) is 34.2. The molecule has 0 radical (unpaired) electrons. The summed E-state index contributed by atoms with van der Waals surface area (Å²) in [5.74, 6) is -1.24. The quantitative estimate of drug-likeness (QED) is 0.397. The third-order valence-corrected chi connectivity index (χ3v) is 8.67. The zero-order valence-corrected chi connectivity index (χ0v) is 27.1. The summed E-state index contributed by atoms with van der Waals surface area (Å²) in [4.78, 5) is 41.1. The SMILES string of the molecule is CCOc1ccc(C(=O)N2CCN(C3=C(C(=O)N[C@@H]4CCN(C)C4)NC(OCC)(c4cccnc4)C=C3)[C@H](CC)C2)c(C(F)(F)F)n1. The summed E-state index contributed by atoms with van der Waals surface area (Å²) in [6.45, 7) is 8.12. The molecule has 254 valence electrons. The van der Waals surface area contributed by atoms with Gasteiger partial charge in [-0.25, -0.2) is 4.98 Å². The maximum atomic E-state index is 14.0. The Hall–Kier alpha value is -4.17. The van der Waals surface area contributed by atoms with Gasteiger partial charge in [-0.3, -0.25) is 14.6 Å². The topological polar surface area (TPSA) is 112 Å². The summed E-state index contributed by atoms with van der Waals surface area (Å²) in [5, 5.41) is 6.57. The van der Waals surface area contributed by atoms with Gasteiger partial charge in [0.25, 0.3) is 11.8 Å². The molecule has 47 heavy (non-hydrogen) atoms. The number of amides is 2. The lowest BCUT2D eigenvalue weighted by Crippen LogP contribution is -2.57. The molecule has 14 heteroatoms. The molecule has 3 aliphatic heterocycles. The van der Waals surface area contributed by atoms with Gasteiger partial charge >= 0.3 is 6.18 Å². The second-order valence-electron chi connectivity index (χ2n) is 11.8. The molecule has 2 saturated heterocycles. The number of carbonyl (C=O) groups excluding carboxylic acids is 2. The average molecular weight is 658 g/mol. The molecule has 1 unspecified atom stereocenters. The van der Waals surface area contributed by atoms with Crippen LogP contribution >= 0.6 is 0 Å². The number of pyridine rings is 2. The van der Waals surface area contributed by atoms with Gasteiger partial charge in [-0.05, 0) is 64.6 Å². The van der Waals surface area contributed by atoms with Crippen LogP contribution in [0, 0.1) is 0 Å². The monoisotopic (exact) mass is 657 g/mol. The number of hydrogen-bond donors (Lipinski definition) is 2. The zero-order chi connectivity index (χ0) is 33.8. The number of likely N-dealkylation sites (tertiary alicyclic amines) is 1. The van der Waals surface area contributed by atoms with Gasteiger partial charge in [-0.2, -0.15) is 13.2 Å². The van der Waals surface area contributed by atoms with E-state index in [9.17, 15) is 22.8 Å². The number of aromatic nitrogens is 2. The minimum atomic E-state index is -4.84. The van der Waals surface area contributed by atoms with Crippen LogP contribution in [0.25, 0.3) is 0 Å². The molecule has 2 fully saturated rings. The number of allylic oxidation sites excluding steroid dienone is 1. The molecule has 2 amide bonds. The maximum absolute atomic E-state index is 14.0. The van der Waals surface area contributed by atoms with Gasteiger partial charge in [0.1, 0.15) is 5.70 Å². The smallest absolute Gasteiger partial charge is 0.434 e. The average Bonchev–Trinajstić information content (AvgIpc) is 3.48. The van der Waals surface area contributed by atoms with Crippen LogP contribution in [-0.4, -0.2) is 102 Å². The largest absolute Gasteiger partial charge is 0.478 e. The number of dihydropyridines is 1. The fourth-order valence-corrected chi connectivity index (χ4v) is 6.37. The van der Waals surface area contributed by atoms with E-state index in [4.69, 9.17) is 9.47 Å². The van der Waals surface area contributed by atoms with Crippen molar-refractivity contribution >= 4 is 11.8 Å². The van der Waals surface area contributed by atoms with Crippen LogP contribution in [0.1, 0.15) is 55.2 Å². The van der Waals surface area contributed by atoms with E-state index < -0.39 is 29.1 Å². The van der Waals surface area contributed by atoms with E-state index in [1.807, 2.05) is 44.0 Å². The lowest BCUT2D eigenvalue weighted by Gasteiger charge is -2.46. The Morgan fingerprint density at radius 1 is 1.11 bits per heavy atom. The summed E-state index contributed by atoms with van der Waals surface area (Å²) < 4.78 is 53.4. The lowest BCUT2D eigenvalue weighted by molar-refractivity contribution is -0.141. The van der Waals surface area contributed by atoms with Crippen LogP contribution in [0.15, 0.2) is 60.2 Å². The number of rotatable bonds is 10. The fourth-order valence-electron chi connectivity index (χ4n) is 6.37. The van der Waals surface area contributed by atoms with Crippen molar-refractivity contribution in [1.29, 1.82) is 0 Å². The Balaban J connectivity index is 1.45. The summed E-state index contributed by atoms with van der Waals surface area (Å²) in [6.07, 6.45) is 3.60. The molecule has 0 aromatic carbocycles. The Kier molecular flexibility index (Phi) is 10.4. The Morgan fingerprint density at radius 2 is 1.91 bits per heavy atom. The van der Waals surface area contributed by atoms with Gasteiger partial charge in [0.05, 0.1) is 17.9 Å². The van der Waals surface area contributed by atoms with Gasteiger partial charge in [-0.1, -0.05) is 13.0 Å². The number of carbonyl (C=O) groups is 2. The predicted octanol–water partition coefficient (Wildman–Crippen LogP) is 3.51. The molecule has 0 saturated carbocycles. The lowest BCUT2D eigenvalue weighted by atomic mass is 9.97. The number of halogens is 3. The van der Waals surface area contributed by atoms with Crippen LogP contribution in [0.4, 0.5) is 13.2 Å². The van der Waals surface area contributed by atoms with E-state index in [1.165, 1.54) is 11.0 Å². The molecule has 2 N–H and O–H groups in total. The number of hydrogen-bond acceptors (Lipinski definition) is 9. The molecular weight excluding hydrogens is 615 g/mol. The van der Waals surface area contributed by atoms with E-state index in [1.54, 1.807) is 25.4 Å². The Labute approximate surface area is 272 Å². The molecule has 0 bridgehead atoms. The summed E-state index contributed by atoms with van der Waals surface area (Å²) in [5.41, 5.74) is -1.30. The molecule has 11 nitrogen and oxygen atoms in total. The highest BCUT2D eigenvalue weighted by Gasteiger charge is 2.42. The standard InChI is InChI=1S/C33H42F3N7O4/c1-5-24-21-42(31(45)25-10-11-27(46-6-2)39-29(25)33(34,35)36)17-18-43(24)26-12-14-32(47-7-3,22-9-8-15-37-19-22)40-28(26)30(44)38-23-13-16-41(4)20-23/h8-12,14-15,19,23-24,40H,5-7,13,16-18,20-21H2,1-4H3,(H,38,44)/t23-,24-,32?/m1/s1. The minimum Gasteiger partial charge on any atom is -0.478 e. The third-order valence-electron chi connectivity index (χ3n) is 8.67. The van der Waals surface area contributed by atoms with E-state index in [0.29, 0.717) is 24.4 Å². The van der Waals surface area contributed by atoms with Crippen LogP contribution in [0.2, 0.25) is 0 Å². The molecule has 5 heterocycles. The summed E-state index contributed by atoms with van der Waals surface area (Å²) >= 11 is 0. The molecule has 5 rings (SSSR count). The second-order valence-corrected chi connectivity index (χ2v) is 11.8. The van der Waals surface area contributed by atoms with Crippen molar-refractivity contribution in [3.05, 3.63) is 77.0 Å². The maximum Gasteiger partial charge on any atom is 0.434 e. The normalized spacial score (nSPS) is 23.6. The minimum absolute atomic E-state index is 0.0316. The van der Waals surface area contributed by atoms with Crippen LogP contribution in [-0.2, 0) is 21.4 Å². The van der Waals surface area contributed by atoms with Crippen molar-refractivity contribution in [1.82, 2.24) is 35.3 Å². The van der Waals surface area contributed by atoms with Crippen LogP contribution in [0.5, 0.6) is 5.88 Å². The summed E-state index contributed by atoms with van der Waals surface area (Å²) in [6, 6.07) is 5.75. The first-order chi connectivity index (χ1) is 22.5. The van der Waals surface area contributed by atoms with Crippen molar-refractivity contribution in [2.45, 2.75) is 57.6 Å². The van der Waals surface area contributed by atoms with Gasteiger partial charge in [0.15, 0.2) is 11.4 Å². The number of alkyl halides is 3. The van der Waals surface area contributed by atoms with Gasteiger partial charge in [0, 0.05) is 68.9 Å².